The second-order valence-electron chi connectivity index (χ2n) is 11.4. The number of nitrogens with zero attached hydrogens (tertiary/aromatic N) is 2. The molecule has 1 aromatic heterocycles. The second kappa shape index (κ2) is 12.3. The Bertz CT molecular complexity index is 758. The molecular weight excluding hydrogens is 398 g/mol. The van der Waals surface area contributed by atoms with Crippen LogP contribution in [0.5, 0.6) is 0 Å². The predicted molar refractivity (Wildman–Crippen MR) is 131 cm³/mol. The van der Waals surface area contributed by atoms with Crippen molar-refractivity contribution >= 4 is 6.09 Å². The van der Waals surface area contributed by atoms with Gasteiger partial charge in [0.15, 0.2) is 0 Å². The van der Waals surface area contributed by atoms with Crippen LogP contribution >= 0.6 is 0 Å². The van der Waals surface area contributed by atoms with Crippen molar-refractivity contribution in [2.75, 3.05) is 6.54 Å². The van der Waals surface area contributed by atoms with Crippen LogP contribution in [0.25, 0.3) is 0 Å². The molecule has 1 aliphatic heterocycles. The van der Waals surface area contributed by atoms with Crippen LogP contribution in [0.2, 0.25) is 0 Å². The number of imidazole rings is 1. The summed E-state index contributed by atoms with van der Waals surface area (Å²) >= 11 is 0. The predicted octanol–water partition coefficient (Wildman–Crippen LogP) is 7.39. The highest BCUT2D eigenvalue weighted by Crippen LogP contribution is 2.31. The van der Waals surface area contributed by atoms with Gasteiger partial charge in [-0.3, -0.25) is 4.90 Å². The molecule has 0 bridgehead atoms. The summed E-state index contributed by atoms with van der Waals surface area (Å²) in [6.45, 7) is 13.4. The van der Waals surface area contributed by atoms with Gasteiger partial charge in [-0.1, -0.05) is 65.2 Å². The van der Waals surface area contributed by atoms with E-state index in [2.05, 4.69) is 42.6 Å². The molecule has 1 N–H and O–H groups in total. The third-order valence-electron chi connectivity index (χ3n) is 5.74. The number of rotatable bonds is 9. The van der Waals surface area contributed by atoms with Gasteiger partial charge in [0.05, 0.1) is 12.2 Å². The zero-order valence-corrected chi connectivity index (χ0v) is 21.4. The Balaban J connectivity index is 1.66. The maximum absolute atomic E-state index is 12.5. The summed E-state index contributed by atoms with van der Waals surface area (Å²) in [6, 6.07) is -0.0520. The first-order valence-electron chi connectivity index (χ1n) is 12.6. The van der Waals surface area contributed by atoms with E-state index >= 15 is 0 Å². The van der Waals surface area contributed by atoms with Crippen LogP contribution in [0.1, 0.15) is 130 Å². The smallest absolute Gasteiger partial charge is 0.410 e. The minimum absolute atomic E-state index is 0.0520. The third-order valence-corrected chi connectivity index (χ3v) is 5.74. The van der Waals surface area contributed by atoms with Crippen molar-refractivity contribution in [3.8, 4) is 11.8 Å². The Labute approximate surface area is 196 Å². The molecule has 5 nitrogen and oxygen atoms in total. The molecule has 0 spiro atoms. The van der Waals surface area contributed by atoms with Gasteiger partial charge in [-0.25, -0.2) is 9.78 Å². The molecule has 1 atom stereocenters. The molecule has 0 unspecified atom stereocenters. The van der Waals surface area contributed by atoms with Crippen LogP contribution < -0.4 is 0 Å². The van der Waals surface area contributed by atoms with Crippen LogP contribution in [0.15, 0.2) is 6.20 Å². The number of carbonyl (C=O) groups excluding carboxylic acids is 1. The van der Waals surface area contributed by atoms with E-state index in [1.54, 1.807) is 11.1 Å². The molecule has 2 heterocycles. The van der Waals surface area contributed by atoms with Crippen molar-refractivity contribution < 1.29 is 9.53 Å². The van der Waals surface area contributed by atoms with Crippen molar-refractivity contribution in [1.82, 2.24) is 14.9 Å². The highest BCUT2D eigenvalue weighted by atomic mass is 16.6. The maximum atomic E-state index is 12.5. The van der Waals surface area contributed by atoms with Gasteiger partial charge in [0.1, 0.15) is 17.1 Å². The molecule has 1 fully saturated rings. The van der Waals surface area contributed by atoms with Crippen molar-refractivity contribution in [2.45, 2.75) is 124 Å². The molecule has 180 valence electrons. The number of likely N-dealkylation sites (tertiary alicyclic amines) is 1. The number of carbonyl (C=O) groups is 1. The molecule has 0 aromatic carbocycles. The summed E-state index contributed by atoms with van der Waals surface area (Å²) in [4.78, 5) is 22.1. The fourth-order valence-corrected chi connectivity index (χ4v) is 4.07. The lowest BCUT2D eigenvalue weighted by Gasteiger charge is -2.27. The van der Waals surface area contributed by atoms with Gasteiger partial charge in [-0.15, -0.1) is 0 Å². The molecule has 0 aliphatic carbocycles. The van der Waals surface area contributed by atoms with Crippen LogP contribution in [-0.4, -0.2) is 33.1 Å². The lowest BCUT2D eigenvalue weighted by Crippen LogP contribution is -2.36. The Morgan fingerprint density at radius 1 is 1.09 bits per heavy atom. The van der Waals surface area contributed by atoms with Gasteiger partial charge in [0.25, 0.3) is 0 Å². The quantitative estimate of drug-likeness (QED) is 0.320. The number of ether oxygens (including phenoxy) is 1. The molecular formula is C27H45N3O2. The lowest BCUT2D eigenvalue weighted by molar-refractivity contribution is 0.0218. The number of aromatic nitrogens is 2. The SMILES string of the molecule is CC(C)(C)CCCCCCCCCC#Cc1cnc([C@@H]2CCCN2C(=O)OC(C)(C)C)[nH]1. The summed E-state index contributed by atoms with van der Waals surface area (Å²) in [5.74, 6) is 7.28. The van der Waals surface area contributed by atoms with E-state index in [0.29, 0.717) is 12.0 Å². The fourth-order valence-electron chi connectivity index (χ4n) is 4.07. The lowest BCUT2D eigenvalue weighted by atomic mass is 9.89. The van der Waals surface area contributed by atoms with Gasteiger partial charge in [0.2, 0.25) is 0 Å². The largest absolute Gasteiger partial charge is 0.444 e. The standard InChI is InChI=1S/C27H45N3O2/c1-26(2,3)19-15-13-11-9-7-8-10-12-14-17-22-21-28-24(29-22)23-18-16-20-30(23)25(31)32-27(4,5)6/h21,23H,7-13,15-16,18-20H2,1-6H3,(H,28,29)/t23-/m0/s1. The Morgan fingerprint density at radius 2 is 1.75 bits per heavy atom. The van der Waals surface area contributed by atoms with Gasteiger partial charge in [0, 0.05) is 13.0 Å². The van der Waals surface area contributed by atoms with E-state index in [-0.39, 0.29) is 12.1 Å². The molecule has 5 heteroatoms. The number of unbranched alkanes of at least 4 members (excludes halogenated alkanes) is 7. The molecule has 1 saturated heterocycles. The first-order chi connectivity index (χ1) is 15.1. The average molecular weight is 444 g/mol. The summed E-state index contributed by atoms with van der Waals surface area (Å²) in [7, 11) is 0. The van der Waals surface area contributed by atoms with E-state index < -0.39 is 5.60 Å². The van der Waals surface area contributed by atoms with Crippen molar-refractivity contribution in [2.24, 2.45) is 5.41 Å². The van der Waals surface area contributed by atoms with E-state index in [4.69, 9.17) is 4.74 Å². The van der Waals surface area contributed by atoms with Gasteiger partial charge in [-0.2, -0.15) is 0 Å². The fraction of sp³-hybridized carbons (Fsp3) is 0.778. The zero-order chi connectivity index (χ0) is 23.6. The van der Waals surface area contributed by atoms with E-state index in [1.165, 1.54) is 44.9 Å². The molecule has 1 amide bonds. The van der Waals surface area contributed by atoms with E-state index in [0.717, 1.165) is 37.2 Å². The van der Waals surface area contributed by atoms with Gasteiger partial charge < -0.3 is 9.72 Å². The first-order valence-corrected chi connectivity index (χ1v) is 12.6. The molecule has 0 saturated carbocycles. The summed E-state index contributed by atoms with van der Waals surface area (Å²) in [5, 5.41) is 0. The van der Waals surface area contributed by atoms with E-state index in [1.807, 2.05) is 20.8 Å². The normalized spacial score (nSPS) is 16.7. The Kier molecular flexibility index (Phi) is 10.1. The average Bonchev–Trinajstić information content (AvgIpc) is 3.33. The molecule has 0 radical (unpaired) electrons. The number of nitrogens with one attached hydrogen (secondary N) is 1. The molecule has 32 heavy (non-hydrogen) atoms. The molecule has 2 rings (SSSR count). The summed E-state index contributed by atoms with van der Waals surface area (Å²) in [6.07, 6.45) is 14.8. The first kappa shape index (κ1) is 26.3. The van der Waals surface area contributed by atoms with Crippen LogP contribution in [0, 0.1) is 17.3 Å². The molecule has 1 aromatic rings. The Morgan fingerprint density at radius 3 is 2.41 bits per heavy atom. The molecule has 1 aliphatic rings. The van der Waals surface area contributed by atoms with Crippen LogP contribution in [0.3, 0.4) is 0 Å². The number of hydrogen-bond donors (Lipinski definition) is 1. The number of H-pyrrole nitrogens is 1. The number of hydrogen-bond acceptors (Lipinski definition) is 3. The van der Waals surface area contributed by atoms with Crippen LogP contribution in [-0.2, 0) is 4.74 Å². The van der Waals surface area contributed by atoms with Gasteiger partial charge in [-0.05, 0) is 57.8 Å². The number of aromatic amines is 1. The van der Waals surface area contributed by atoms with Crippen molar-refractivity contribution in [1.29, 1.82) is 0 Å². The van der Waals surface area contributed by atoms with Crippen molar-refractivity contribution in [3.05, 3.63) is 17.7 Å². The zero-order valence-electron chi connectivity index (χ0n) is 21.4. The summed E-state index contributed by atoms with van der Waals surface area (Å²) in [5.41, 5.74) is 0.814. The highest BCUT2D eigenvalue weighted by molar-refractivity contribution is 5.69. The third kappa shape index (κ3) is 10.1. The maximum Gasteiger partial charge on any atom is 0.410 e. The van der Waals surface area contributed by atoms with Crippen LogP contribution in [0.4, 0.5) is 4.79 Å². The van der Waals surface area contributed by atoms with Crippen molar-refractivity contribution in [3.63, 3.8) is 0 Å². The minimum atomic E-state index is -0.490. The number of amides is 1. The topological polar surface area (TPSA) is 58.2 Å². The minimum Gasteiger partial charge on any atom is -0.444 e. The highest BCUT2D eigenvalue weighted by Gasteiger charge is 2.34. The monoisotopic (exact) mass is 443 g/mol. The van der Waals surface area contributed by atoms with Gasteiger partial charge >= 0.3 is 6.09 Å². The summed E-state index contributed by atoms with van der Waals surface area (Å²) < 4.78 is 5.55. The Hall–Kier alpha value is -1.96. The van der Waals surface area contributed by atoms with E-state index in [9.17, 15) is 4.79 Å². The second-order valence-corrected chi connectivity index (χ2v) is 11.4.